The minimum absolute atomic E-state index is 0.540. The lowest BCUT2D eigenvalue weighted by Crippen LogP contribution is -2.05. The lowest BCUT2D eigenvalue weighted by atomic mass is 10.2. The normalized spacial score (nSPS) is 10.9. The van der Waals surface area contributed by atoms with Gasteiger partial charge in [0, 0.05) is 11.6 Å². The monoisotopic (exact) mass is 342 g/mol. The van der Waals surface area contributed by atoms with Crippen molar-refractivity contribution in [2.75, 3.05) is 0 Å². The molecular formula is C14H16BrClN2O. The molecular weight excluding hydrogens is 328 g/mol. The molecule has 0 radical (unpaired) electrons. The van der Waals surface area contributed by atoms with Gasteiger partial charge in [0.2, 0.25) is 0 Å². The van der Waals surface area contributed by atoms with Gasteiger partial charge in [0.05, 0.1) is 29.1 Å². The van der Waals surface area contributed by atoms with Gasteiger partial charge in [-0.3, -0.25) is 4.68 Å². The molecule has 1 aromatic carbocycles. The molecule has 5 heteroatoms. The highest BCUT2D eigenvalue weighted by atomic mass is 79.9. The van der Waals surface area contributed by atoms with Crippen molar-refractivity contribution in [1.82, 2.24) is 9.78 Å². The van der Waals surface area contributed by atoms with Crippen LogP contribution >= 0.6 is 27.5 Å². The molecule has 1 aromatic heterocycles. The minimum atomic E-state index is 0.540. The summed E-state index contributed by atoms with van der Waals surface area (Å²) in [7, 11) is 0. The Hall–Kier alpha value is -0.840. The molecule has 19 heavy (non-hydrogen) atoms. The molecule has 0 bridgehead atoms. The molecule has 1 heterocycles. The minimum Gasteiger partial charge on any atom is -0.370 e. The topological polar surface area (TPSA) is 27.1 Å². The first-order valence-electron chi connectivity index (χ1n) is 6.15. The summed E-state index contributed by atoms with van der Waals surface area (Å²) in [6, 6.07) is 7.69. The molecule has 102 valence electrons. The molecule has 0 amide bonds. The molecule has 2 rings (SSSR count). The number of benzene rings is 1. The number of hydrogen-bond donors (Lipinski definition) is 0. The highest BCUT2D eigenvalue weighted by Gasteiger charge is 2.11. The van der Waals surface area contributed by atoms with Gasteiger partial charge in [-0.25, -0.2) is 0 Å². The summed E-state index contributed by atoms with van der Waals surface area (Å²) in [5.74, 6) is 0. The number of rotatable bonds is 5. The second-order valence-electron chi connectivity index (χ2n) is 4.28. The third-order valence-electron chi connectivity index (χ3n) is 2.87. The highest BCUT2D eigenvalue weighted by Crippen LogP contribution is 2.22. The van der Waals surface area contributed by atoms with Crippen LogP contribution in [-0.4, -0.2) is 9.78 Å². The van der Waals surface area contributed by atoms with Crippen LogP contribution in [0, 0.1) is 6.92 Å². The molecule has 0 aliphatic rings. The average Bonchev–Trinajstić information content (AvgIpc) is 2.68. The fourth-order valence-electron chi connectivity index (χ4n) is 1.85. The molecule has 3 nitrogen and oxygen atoms in total. The summed E-state index contributed by atoms with van der Waals surface area (Å²) in [6.07, 6.45) is 0. The van der Waals surface area contributed by atoms with Crippen LogP contribution in [0.4, 0.5) is 0 Å². The summed E-state index contributed by atoms with van der Waals surface area (Å²) in [5, 5.41) is 5.18. The van der Waals surface area contributed by atoms with Gasteiger partial charge in [0.15, 0.2) is 0 Å². The van der Waals surface area contributed by atoms with Crippen molar-refractivity contribution in [1.29, 1.82) is 0 Å². The Bertz CT molecular complexity index is 551. The third-order valence-corrected chi connectivity index (χ3v) is 4.16. The lowest BCUT2D eigenvalue weighted by Gasteiger charge is -2.07. The van der Waals surface area contributed by atoms with Gasteiger partial charge in [-0.05, 0) is 47.5 Å². The molecule has 0 spiro atoms. The molecule has 0 aliphatic carbocycles. The zero-order valence-electron chi connectivity index (χ0n) is 11.0. The maximum Gasteiger partial charge on any atom is 0.0900 e. The standard InChI is InChI=1S/C14H16BrClN2O/c1-3-18-13(14(15)10(2)17-18)9-19-8-11-4-6-12(16)7-5-11/h4-7H,3,8-9H2,1-2H3. The number of ether oxygens (including phenoxy) is 1. The summed E-state index contributed by atoms with van der Waals surface area (Å²) in [5.41, 5.74) is 3.18. The predicted octanol–water partition coefficient (Wildman–Crippen LogP) is 4.34. The first-order chi connectivity index (χ1) is 9.11. The summed E-state index contributed by atoms with van der Waals surface area (Å²) in [4.78, 5) is 0. The van der Waals surface area contributed by atoms with E-state index in [2.05, 4.69) is 28.0 Å². The summed E-state index contributed by atoms with van der Waals surface area (Å²) < 4.78 is 8.74. The van der Waals surface area contributed by atoms with Crippen molar-refractivity contribution >= 4 is 27.5 Å². The summed E-state index contributed by atoms with van der Waals surface area (Å²) >= 11 is 9.40. The van der Waals surface area contributed by atoms with E-state index in [-0.39, 0.29) is 0 Å². The van der Waals surface area contributed by atoms with Crippen molar-refractivity contribution < 1.29 is 4.74 Å². The molecule has 0 unspecified atom stereocenters. The molecule has 0 fully saturated rings. The van der Waals surface area contributed by atoms with Crippen molar-refractivity contribution in [2.45, 2.75) is 33.6 Å². The van der Waals surface area contributed by atoms with E-state index in [0.717, 1.165) is 33.0 Å². The maximum atomic E-state index is 5.85. The van der Waals surface area contributed by atoms with E-state index in [1.807, 2.05) is 35.9 Å². The Balaban J connectivity index is 1.97. The van der Waals surface area contributed by atoms with E-state index < -0.39 is 0 Å². The Labute approximate surface area is 126 Å². The van der Waals surface area contributed by atoms with Crippen LogP contribution in [0.2, 0.25) is 5.02 Å². The van der Waals surface area contributed by atoms with Crippen LogP contribution < -0.4 is 0 Å². The summed E-state index contributed by atoms with van der Waals surface area (Å²) in [6.45, 7) is 6.00. The quantitative estimate of drug-likeness (QED) is 0.807. The highest BCUT2D eigenvalue weighted by molar-refractivity contribution is 9.10. The fourth-order valence-corrected chi connectivity index (χ4v) is 2.38. The van der Waals surface area contributed by atoms with Gasteiger partial charge >= 0.3 is 0 Å². The van der Waals surface area contributed by atoms with E-state index in [4.69, 9.17) is 16.3 Å². The van der Waals surface area contributed by atoms with E-state index in [1.165, 1.54) is 0 Å². The number of nitrogens with zero attached hydrogens (tertiary/aromatic N) is 2. The van der Waals surface area contributed by atoms with Gasteiger partial charge < -0.3 is 4.74 Å². The van der Waals surface area contributed by atoms with E-state index >= 15 is 0 Å². The number of aryl methyl sites for hydroxylation is 2. The van der Waals surface area contributed by atoms with Crippen molar-refractivity contribution in [3.8, 4) is 0 Å². The van der Waals surface area contributed by atoms with Gasteiger partial charge in [0.1, 0.15) is 0 Å². The molecule has 0 saturated heterocycles. The first-order valence-corrected chi connectivity index (χ1v) is 7.33. The molecule has 0 saturated carbocycles. The fraction of sp³-hybridized carbons (Fsp3) is 0.357. The maximum absolute atomic E-state index is 5.85. The van der Waals surface area contributed by atoms with Gasteiger partial charge in [0.25, 0.3) is 0 Å². The van der Waals surface area contributed by atoms with E-state index in [0.29, 0.717) is 13.2 Å². The van der Waals surface area contributed by atoms with Crippen LogP contribution in [0.1, 0.15) is 23.9 Å². The smallest absolute Gasteiger partial charge is 0.0900 e. The molecule has 0 aliphatic heterocycles. The zero-order valence-corrected chi connectivity index (χ0v) is 13.3. The third kappa shape index (κ3) is 3.59. The second-order valence-corrected chi connectivity index (χ2v) is 5.51. The number of aromatic nitrogens is 2. The number of halogens is 2. The Morgan fingerprint density at radius 1 is 1.26 bits per heavy atom. The predicted molar refractivity (Wildman–Crippen MR) is 80.3 cm³/mol. The van der Waals surface area contributed by atoms with Gasteiger partial charge in [-0.15, -0.1) is 0 Å². The Morgan fingerprint density at radius 3 is 2.58 bits per heavy atom. The SMILES string of the molecule is CCn1nc(C)c(Br)c1COCc1ccc(Cl)cc1. The van der Waals surface area contributed by atoms with E-state index in [1.54, 1.807) is 0 Å². The van der Waals surface area contributed by atoms with Crippen LogP contribution in [0.3, 0.4) is 0 Å². The first kappa shape index (κ1) is 14.6. The van der Waals surface area contributed by atoms with E-state index in [9.17, 15) is 0 Å². The zero-order chi connectivity index (χ0) is 13.8. The van der Waals surface area contributed by atoms with Crippen LogP contribution in [0.5, 0.6) is 0 Å². The molecule has 0 atom stereocenters. The lowest BCUT2D eigenvalue weighted by molar-refractivity contribution is 0.101. The molecule has 0 N–H and O–H groups in total. The number of hydrogen-bond acceptors (Lipinski definition) is 2. The largest absolute Gasteiger partial charge is 0.370 e. The Kier molecular flexibility index (Phi) is 5.02. The van der Waals surface area contributed by atoms with Crippen molar-refractivity contribution in [2.24, 2.45) is 0 Å². The van der Waals surface area contributed by atoms with Crippen LogP contribution in [-0.2, 0) is 24.5 Å². The Morgan fingerprint density at radius 2 is 1.95 bits per heavy atom. The van der Waals surface area contributed by atoms with Gasteiger partial charge in [-0.1, -0.05) is 23.7 Å². The average molecular weight is 344 g/mol. The van der Waals surface area contributed by atoms with Gasteiger partial charge in [-0.2, -0.15) is 5.10 Å². The van der Waals surface area contributed by atoms with Crippen LogP contribution in [0.15, 0.2) is 28.7 Å². The second kappa shape index (κ2) is 6.55. The van der Waals surface area contributed by atoms with Crippen molar-refractivity contribution in [3.63, 3.8) is 0 Å². The molecule has 2 aromatic rings. The van der Waals surface area contributed by atoms with Crippen molar-refractivity contribution in [3.05, 3.63) is 50.7 Å². The van der Waals surface area contributed by atoms with Crippen LogP contribution in [0.25, 0.3) is 0 Å².